The van der Waals surface area contributed by atoms with E-state index in [1.165, 1.54) is 7.11 Å². The number of phenols is 1. The van der Waals surface area contributed by atoms with E-state index in [4.69, 9.17) is 4.74 Å². The molecular formula is C15H24O3. The molecule has 0 saturated heterocycles. The van der Waals surface area contributed by atoms with Crippen LogP contribution in [0.3, 0.4) is 0 Å². The largest absolute Gasteiger partial charge is 0.504 e. The van der Waals surface area contributed by atoms with Crippen LogP contribution in [-0.2, 0) is 10.8 Å². The molecule has 18 heavy (non-hydrogen) atoms. The van der Waals surface area contributed by atoms with Gasteiger partial charge in [0.15, 0.2) is 11.5 Å². The second-order valence-electron chi connectivity index (χ2n) is 6.37. The Kier molecular flexibility index (Phi) is 3.96. The Labute approximate surface area is 109 Å². The van der Waals surface area contributed by atoms with E-state index < -0.39 is 5.41 Å². The zero-order valence-electron chi connectivity index (χ0n) is 12.2. The summed E-state index contributed by atoms with van der Waals surface area (Å²) in [7, 11) is 1.54. The maximum atomic E-state index is 10.2. The molecule has 1 aromatic rings. The number of methoxy groups -OCH3 is 1. The molecule has 0 bridgehead atoms. The molecule has 0 radical (unpaired) electrons. The van der Waals surface area contributed by atoms with Crippen molar-refractivity contribution in [2.45, 2.75) is 45.4 Å². The van der Waals surface area contributed by atoms with Gasteiger partial charge in [0.1, 0.15) is 0 Å². The van der Waals surface area contributed by atoms with Crippen molar-refractivity contribution in [1.82, 2.24) is 0 Å². The van der Waals surface area contributed by atoms with Crippen LogP contribution in [0.1, 0.15) is 45.7 Å². The first-order chi connectivity index (χ1) is 8.13. The van der Waals surface area contributed by atoms with E-state index in [9.17, 15) is 10.2 Å². The average molecular weight is 252 g/mol. The van der Waals surface area contributed by atoms with Crippen LogP contribution in [-0.4, -0.2) is 23.9 Å². The van der Waals surface area contributed by atoms with Crippen LogP contribution in [0.25, 0.3) is 0 Å². The molecule has 3 nitrogen and oxygen atoms in total. The Bertz CT molecular complexity index is 428. The first kappa shape index (κ1) is 14.8. The van der Waals surface area contributed by atoms with Gasteiger partial charge in [0.05, 0.1) is 13.7 Å². The first-order valence-corrected chi connectivity index (χ1v) is 6.16. The summed E-state index contributed by atoms with van der Waals surface area (Å²) in [4.78, 5) is 0. The third-order valence-electron chi connectivity index (χ3n) is 3.29. The van der Waals surface area contributed by atoms with Crippen molar-refractivity contribution in [3.63, 3.8) is 0 Å². The number of ether oxygens (including phenoxy) is 1. The van der Waals surface area contributed by atoms with Crippen molar-refractivity contribution in [3.05, 3.63) is 23.3 Å². The van der Waals surface area contributed by atoms with Gasteiger partial charge in [0, 0.05) is 11.0 Å². The number of hydrogen-bond acceptors (Lipinski definition) is 3. The van der Waals surface area contributed by atoms with Crippen LogP contribution in [0.5, 0.6) is 11.5 Å². The van der Waals surface area contributed by atoms with E-state index >= 15 is 0 Å². The number of benzene rings is 1. The van der Waals surface area contributed by atoms with Crippen LogP contribution in [0.2, 0.25) is 0 Å². The van der Waals surface area contributed by atoms with Crippen molar-refractivity contribution in [2.75, 3.05) is 13.7 Å². The highest BCUT2D eigenvalue weighted by atomic mass is 16.5. The van der Waals surface area contributed by atoms with Crippen LogP contribution in [0.15, 0.2) is 12.1 Å². The summed E-state index contributed by atoms with van der Waals surface area (Å²) >= 11 is 0. The van der Waals surface area contributed by atoms with E-state index in [0.29, 0.717) is 11.3 Å². The fraction of sp³-hybridized carbons (Fsp3) is 0.600. The average Bonchev–Trinajstić information content (AvgIpc) is 2.27. The molecule has 0 spiro atoms. The summed E-state index contributed by atoms with van der Waals surface area (Å²) < 4.78 is 5.23. The predicted octanol–water partition coefficient (Wildman–Crippen LogP) is 2.97. The fourth-order valence-electron chi connectivity index (χ4n) is 1.80. The van der Waals surface area contributed by atoms with Crippen LogP contribution in [0, 0.1) is 0 Å². The smallest absolute Gasteiger partial charge is 0.161 e. The number of hydrogen-bond donors (Lipinski definition) is 2. The van der Waals surface area contributed by atoms with Crippen molar-refractivity contribution < 1.29 is 14.9 Å². The van der Waals surface area contributed by atoms with E-state index in [0.717, 1.165) is 5.56 Å². The first-order valence-electron chi connectivity index (χ1n) is 6.16. The summed E-state index contributed by atoms with van der Waals surface area (Å²) in [6.45, 7) is 10.1. The topological polar surface area (TPSA) is 49.7 Å². The Morgan fingerprint density at radius 3 is 2.06 bits per heavy atom. The molecule has 0 aliphatic heterocycles. The molecule has 0 atom stereocenters. The summed E-state index contributed by atoms with van der Waals surface area (Å²) in [6.07, 6.45) is 0. The third kappa shape index (κ3) is 2.78. The van der Waals surface area contributed by atoms with Crippen molar-refractivity contribution in [3.8, 4) is 11.5 Å². The molecule has 0 unspecified atom stereocenters. The zero-order valence-corrected chi connectivity index (χ0v) is 12.2. The molecule has 1 rings (SSSR count). The van der Waals surface area contributed by atoms with Crippen molar-refractivity contribution in [2.24, 2.45) is 0 Å². The molecule has 0 amide bonds. The van der Waals surface area contributed by atoms with Gasteiger partial charge in [-0.25, -0.2) is 0 Å². The highest BCUT2D eigenvalue weighted by Crippen LogP contribution is 2.41. The van der Waals surface area contributed by atoms with Crippen LogP contribution < -0.4 is 4.74 Å². The van der Waals surface area contributed by atoms with E-state index in [-0.39, 0.29) is 17.8 Å². The molecule has 0 fully saturated rings. The monoisotopic (exact) mass is 252 g/mol. The van der Waals surface area contributed by atoms with Crippen LogP contribution >= 0.6 is 0 Å². The maximum Gasteiger partial charge on any atom is 0.161 e. The highest BCUT2D eigenvalue weighted by Gasteiger charge is 2.28. The lowest BCUT2D eigenvalue weighted by atomic mass is 9.79. The number of aromatic hydroxyl groups is 1. The Balaban J connectivity index is 3.51. The molecular weight excluding hydrogens is 228 g/mol. The van der Waals surface area contributed by atoms with Gasteiger partial charge in [0.2, 0.25) is 0 Å². The van der Waals surface area contributed by atoms with Crippen molar-refractivity contribution >= 4 is 0 Å². The van der Waals surface area contributed by atoms with E-state index in [1.807, 2.05) is 26.0 Å². The minimum absolute atomic E-state index is 0.0304. The Hall–Kier alpha value is -1.22. The van der Waals surface area contributed by atoms with Crippen LogP contribution in [0.4, 0.5) is 0 Å². The minimum Gasteiger partial charge on any atom is -0.504 e. The second kappa shape index (κ2) is 4.81. The van der Waals surface area contributed by atoms with E-state index in [2.05, 4.69) is 20.8 Å². The highest BCUT2D eigenvalue weighted by molar-refractivity contribution is 5.52. The van der Waals surface area contributed by atoms with Gasteiger partial charge in [-0.2, -0.15) is 0 Å². The lowest BCUT2D eigenvalue weighted by Gasteiger charge is -2.28. The molecule has 0 aliphatic rings. The van der Waals surface area contributed by atoms with Gasteiger partial charge < -0.3 is 14.9 Å². The molecule has 0 aliphatic carbocycles. The minimum atomic E-state index is -0.501. The summed E-state index contributed by atoms with van der Waals surface area (Å²) in [5.74, 6) is 0.573. The molecule has 0 aromatic heterocycles. The SMILES string of the molecule is COc1cc(C(C)(C)C)cc(C(C)(C)CO)c1O. The fourth-order valence-corrected chi connectivity index (χ4v) is 1.80. The molecule has 0 saturated carbocycles. The van der Waals surface area contributed by atoms with Gasteiger partial charge in [-0.05, 0) is 17.0 Å². The number of phenolic OH excluding ortho intramolecular Hbond substituents is 1. The number of rotatable bonds is 3. The molecule has 1 aromatic carbocycles. The van der Waals surface area contributed by atoms with Gasteiger partial charge in [0.25, 0.3) is 0 Å². The zero-order chi connectivity index (χ0) is 14.1. The van der Waals surface area contributed by atoms with Gasteiger partial charge in [-0.1, -0.05) is 40.7 Å². The lowest BCUT2D eigenvalue weighted by molar-refractivity contribution is 0.214. The Morgan fingerprint density at radius 1 is 1.11 bits per heavy atom. The molecule has 102 valence electrons. The summed E-state index contributed by atoms with van der Waals surface area (Å²) in [5.41, 5.74) is 1.25. The van der Waals surface area contributed by atoms with Gasteiger partial charge in [-0.15, -0.1) is 0 Å². The molecule has 0 heterocycles. The van der Waals surface area contributed by atoms with Gasteiger partial charge in [-0.3, -0.25) is 0 Å². The molecule has 2 N–H and O–H groups in total. The predicted molar refractivity (Wildman–Crippen MR) is 73.5 cm³/mol. The second-order valence-corrected chi connectivity index (χ2v) is 6.37. The standard InChI is InChI=1S/C15H24O3/c1-14(2,3)10-7-11(15(4,5)9-16)13(17)12(8-10)18-6/h7-8,16-17H,9H2,1-6H3. The maximum absolute atomic E-state index is 10.2. The summed E-state index contributed by atoms with van der Waals surface area (Å²) in [6, 6.07) is 3.81. The third-order valence-corrected chi connectivity index (χ3v) is 3.29. The normalized spacial score (nSPS) is 12.6. The van der Waals surface area contributed by atoms with Crippen molar-refractivity contribution in [1.29, 1.82) is 0 Å². The number of aliphatic hydroxyl groups is 1. The Morgan fingerprint density at radius 2 is 1.67 bits per heavy atom. The summed E-state index contributed by atoms with van der Waals surface area (Å²) in [5, 5.41) is 19.7. The lowest BCUT2D eigenvalue weighted by Crippen LogP contribution is -2.23. The quantitative estimate of drug-likeness (QED) is 0.869. The number of aliphatic hydroxyl groups excluding tert-OH is 1. The van der Waals surface area contributed by atoms with E-state index in [1.54, 1.807) is 0 Å². The molecule has 3 heteroatoms. The van der Waals surface area contributed by atoms with Gasteiger partial charge >= 0.3 is 0 Å².